The summed E-state index contributed by atoms with van der Waals surface area (Å²) in [5.41, 5.74) is 1.35. The number of phenolic OH excluding ortho intramolecular Hbond substituents is 1. The lowest BCUT2D eigenvalue weighted by molar-refractivity contribution is -0.154. The van der Waals surface area contributed by atoms with Crippen molar-refractivity contribution in [3.8, 4) is 5.75 Å². The van der Waals surface area contributed by atoms with E-state index in [-0.39, 0.29) is 17.8 Å². The molecule has 0 saturated carbocycles. The number of carbonyl (C=O) groups excluding carboxylic acids is 1. The Labute approximate surface area is 162 Å². The van der Waals surface area contributed by atoms with Crippen LogP contribution in [-0.4, -0.2) is 28.8 Å². The molecule has 0 bridgehead atoms. The summed E-state index contributed by atoms with van der Waals surface area (Å²) in [7, 11) is 0. The predicted octanol–water partition coefficient (Wildman–Crippen LogP) is 4.81. The van der Waals surface area contributed by atoms with Crippen LogP contribution in [0.15, 0.2) is 6.07 Å². The molecule has 1 unspecified atom stereocenters. The first kappa shape index (κ1) is 23.0. The molecule has 0 aliphatic carbocycles. The maximum Gasteiger partial charge on any atom is 0.324 e. The molecule has 0 aliphatic heterocycles. The number of ether oxygens (including phenoxy) is 1. The number of aliphatic carboxylic acids is 1. The van der Waals surface area contributed by atoms with Gasteiger partial charge in [0, 0.05) is 5.56 Å². The molecule has 0 aromatic heterocycles. The lowest BCUT2D eigenvalue weighted by Crippen LogP contribution is -2.29. The minimum atomic E-state index is -1.46. The molecule has 5 nitrogen and oxygen atoms in total. The summed E-state index contributed by atoms with van der Waals surface area (Å²) in [4.78, 5) is 24.6. The lowest BCUT2D eigenvalue weighted by Gasteiger charge is -2.32. The maximum atomic E-state index is 12.6. The van der Waals surface area contributed by atoms with E-state index in [1.54, 1.807) is 13.0 Å². The van der Waals surface area contributed by atoms with Crippen LogP contribution in [0.4, 0.5) is 0 Å². The number of phenols is 1. The molecule has 1 aromatic carbocycles. The SMILES string of the molecule is CCCCOC(=O)C(C(=O)O)c1c(C)cc(C(C)(C)C)c(O)c1C(C)(C)C. The van der Waals surface area contributed by atoms with Gasteiger partial charge in [-0.3, -0.25) is 9.59 Å². The van der Waals surface area contributed by atoms with E-state index in [4.69, 9.17) is 4.74 Å². The minimum Gasteiger partial charge on any atom is -0.507 e. The number of esters is 1. The van der Waals surface area contributed by atoms with Gasteiger partial charge in [0.05, 0.1) is 6.61 Å². The first-order valence-electron chi connectivity index (χ1n) is 9.50. The summed E-state index contributed by atoms with van der Waals surface area (Å²) in [6.07, 6.45) is 1.52. The fraction of sp³-hybridized carbons (Fsp3) is 0.636. The van der Waals surface area contributed by atoms with E-state index < -0.39 is 23.3 Å². The summed E-state index contributed by atoms with van der Waals surface area (Å²) in [5.74, 6) is -3.46. The van der Waals surface area contributed by atoms with Gasteiger partial charge in [0.15, 0.2) is 5.92 Å². The van der Waals surface area contributed by atoms with Gasteiger partial charge in [-0.1, -0.05) is 61.0 Å². The number of benzene rings is 1. The molecule has 0 spiro atoms. The van der Waals surface area contributed by atoms with Crippen LogP contribution in [0.5, 0.6) is 5.75 Å². The Balaban J connectivity index is 3.71. The van der Waals surface area contributed by atoms with Crippen molar-refractivity contribution >= 4 is 11.9 Å². The Bertz CT molecular complexity index is 705. The second kappa shape index (κ2) is 8.32. The first-order valence-corrected chi connectivity index (χ1v) is 9.50. The van der Waals surface area contributed by atoms with Crippen LogP contribution in [-0.2, 0) is 25.2 Å². The molecule has 0 radical (unpaired) electrons. The highest BCUT2D eigenvalue weighted by Gasteiger charge is 2.39. The molecule has 0 heterocycles. The molecule has 0 saturated heterocycles. The molecule has 1 aromatic rings. The van der Waals surface area contributed by atoms with Gasteiger partial charge in [0.25, 0.3) is 0 Å². The van der Waals surface area contributed by atoms with E-state index in [1.807, 2.05) is 48.5 Å². The Kier molecular flexibility index (Phi) is 7.09. The number of aryl methyl sites for hydroxylation is 1. The molecule has 1 rings (SSSR count). The molecule has 152 valence electrons. The number of carboxylic acid groups (broad SMARTS) is 1. The second-order valence-electron chi connectivity index (χ2n) is 9.17. The number of hydrogen-bond donors (Lipinski definition) is 2. The Morgan fingerprint density at radius 1 is 1.11 bits per heavy atom. The van der Waals surface area contributed by atoms with Crippen LogP contribution < -0.4 is 0 Å². The van der Waals surface area contributed by atoms with E-state index in [9.17, 15) is 19.8 Å². The highest BCUT2D eigenvalue weighted by atomic mass is 16.5. The van der Waals surface area contributed by atoms with Gasteiger partial charge in [0.1, 0.15) is 5.75 Å². The van der Waals surface area contributed by atoms with Crippen molar-refractivity contribution in [3.05, 3.63) is 28.3 Å². The molecule has 0 fully saturated rings. The Morgan fingerprint density at radius 2 is 1.67 bits per heavy atom. The van der Waals surface area contributed by atoms with Crippen molar-refractivity contribution < 1.29 is 24.5 Å². The van der Waals surface area contributed by atoms with E-state index in [1.165, 1.54) is 0 Å². The molecule has 0 aliphatic rings. The molecule has 1 atom stereocenters. The van der Waals surface area contributed by atoms with Crippen molar-refractivity contribution in [2.75, 3.05) is 6.61 Å². The monoisotopic (exact) mass is 378 g/mol. The van der Waals surface area contributed by atoms with Crippen molar-refractivity contribution in [1.29, 1.82) is 0 Å². The smallest absolute Gasteiger partial charge is 0.324 e. The first-order chi connectivity index (χ1) is 12.2. The summed E-state index contributed by atoms with van der Waals surface area (Å²) in [6.45, 7) is 15.6. The van der Waals surface area contributed by atoms with E-state index in [0.717, 1.165) is 12.0 Å². The van der Waals surface area contributed by atoms with Gasteiger partial charge in [0.2, 0.25) is 0 Å². The molecule has 0 amide bonds. The zero-order chi connectivity index (χ0) is 21.2. The topological polar surface area (TPSA) is 83.8 Å². The van der Waals surface area contributed by atoms with Crippen LogP contribution in [0.1, 0.15) is 89.5 Å². The summed E-state index contributed by atoms with van der Waals surface area (Å²) in [5, 5.41) is 20.9. The van der Waals surface area contributed by atoms with Crippen molar-refractivity contribution in [1.82, 2.24) is 0 Å². The Hall–Kier alpha value is -2.04. The maximum absolute atomic E-state index is 12.6. The number of carboxylic acids is 1. The lowest BCUT2D eigenvalue weighted by atomic mass is 9.73. The zero-order valence-electron chi connectivity index (χ0n) is 17.9. The summed E-state index contributed by atoms with van der Waals surface area (Å²) < 4.78 is 5.22. The van der Waals surface area contributed by atoms with Gasteiger partial charge in [-0.05, 0) is 40.9 Å². The van der Waals surface area contributed by atoms with Gasteiger partial charge in [-0.2, -0.15) is 0 Å². The Morgan fingerprint density at radius 3 is 2.07 bits per heavy atom. The number of hydrogen-bond acceptors (Lipinski definition) is 4. The summed E-state index contributed by atoms with van der Waals surface area (Å²) in [6, 6.07) is 1.79. The van der Waals surface area contributed by atoms with Crippen LogP contribution in [0, 0.1) is 6.92 Å². The highest BCUT2D eigenvalue weighted by Crippen LogP contribution is 2.45. The third kappa shape index (κ3) is 5.24. The van der Waals surface area contributed by atoms with Crippen LogP contribution in [0.3, 0.4) is 0 Å². The standard InChI is InChI=1S/C22H34O5/c1-9-10-11-27-20(26)16(19(24)25)15-13(2)12-14(21(3,4)5)18(23)17(15)22(6,7)8/h12,16,23H,9-11H2,1-8H3,(H,24,25). The third-order valence-corrected chi connectivity index (χ3v) is 4.62. The van der Waals surface area contributed by atoms with E-state index in [0.29, 0.717) is 23.1 Å². The number of rotatable bonds is 6. The number of carbonyl (C=O) groups is 2. The quantitative estimate of drug-likeness (QED) is 0.422. The van der Waals surface area contributed by atoms with Gasteiger partial charge >= 0.3 is 11.9 Å². The molecular weight excluding hydrogens is 344 g/mol. The van der Waals surface area contributed by atoms with E-state index in [2.05, 4.69) is 0 Å². The highest BCUT2D eigenvalue weighted by molar-refractivity contribution is 6.01. The molecular formula is C22H34O5. The van der Waals surface area contributed by atoms with Gasteiger partial charge in [-0.15, -0.1) is 0 Å². The average Bonchev–Trinajstić information content (AvgIpc) is 2.48. The number of aromatic hydroxyl groups is 1. The van der Waals surface area contributed by atoms with Crippen molar-refractivity contribution in [2.24, 2.45) is 0 Å². The van der Waals surface area contributed by atoms with Gasteiger partial charge < -0.3 is 14.9 Å². The zero-order valence-corrected chi connectivity index (χ0v) is 17.9. The molecule has 2 N–H and O–H groups in total. The van der Waals surface area contributed by atoms with Crippen LogP contribution >= 0.6 is 0 Å². The minimum absolute atomic E-state index is 0.0585. The fourth-order valence-corrected chi connectivity index (χ4v) is 3.27. The molecule has 5 heteroatoms. The third-order valence-electron chi connectivity index (χ3n) is 4.62. The van der Waals surface area contributed by atoms with Crippen molar-refractivity contribution in [3.63, 3.8) is 0 Å². The van der Waals surface area contributed by atoms with Crippen LogP contribution in [0.25, 0.3) is 0 Å². The predicted molar refractivity (Wildman–Crippen MR) is 106 cm³/mol. The second-order valence-corrected chi connectivity index (χ2v) is 9.17. The van der Waals surface area contributed by atoms with Crippen LogP contribution in [0.2, 0.25) is 0 Å². The summed E-state index contributed by atoms with van der Waals surface area (Å²) >= 11 is 0. The average molecular weight is 379 g/mol. The van der Waals surface area contributed by atoms with Gasteiger partial charge in [-0.25, -0.2) is 0 Å². The fourth-order valence-electron chi connectivity index (χ4n) is 3.27. The van der Waals surface area contributed by atoms with E-state index >= 15 is 0 Å². The normalized spacial score (nSPS) is 13.3. The largest absolute Gasteiger partial charge is 0.507 e. The van der Waals surface area contributed by atoms with Crippen molar-refractivity contribution in [2.45, 2.75) is 85.0 Å². The molecule has 27 heavy (non-hydrogen) atoms. The number of unbranched alkanes of at least 4 members (excludes halogenated alkanes) is 1.